The summed E-state index contributed by atoms with van der Waals surface area (Å²) in [4.78, 5) is 2.16. The lowest BCUT2D eigenvalue weighted by atomic mass is 10.2. The Hall–Kier alpha value is -1.52. The largest absolute Gasteiger partial charge is 0.490 e. The van der Waals surface area contributed by atoms with Gasteiger partial charge in [-0.3, -0.25) is 0 Å². The minimum atomic E-state index is 0.487. The van der Waals surface area contributed by atoms with Crippen molar-refractivity contribution in [3.05, 3.63) is 36.4 Å². The van der Waals surface area contributed by atoms with Crippen LogP contribution < -0.4 is 14.8 Å². The van der Waals surface area contributed by atoms with Crippen molar-refractivity contribution in [3.8, 4) is 11.5 Å². The fourth-order valence-corrected chi connectivity index (χ4v) is 1.73. The third kappa shape index (κ3) is 6.08. The van der Waals surface area contributed by atoms with Crippen LogP contribution in [0, 0.1) is 0 Å². The van der Waals surface area contributed by atoms with Gasteiger partial charge in [0.25, 0.3) is 0 Å². The van der Waals surface area contributed by atoms with Crippen molar-refractivity contribution in [1.29, 1.82) is 0 Å². The van der Waals surface area contributed by atoms with Gasteiger partial charge in [0, 0.05) is 19.6 Å². The van der Waals surface area contributed by atoms with Crippen LogP contribution in [0.5, 0.6) is 11.5 Å². The average Bonchev–Trinajstić information content (AvgIpc) is 2.43. The summed E-state index contributed by atoms with van der Waals surface area (Å²) in [6, 6.07) is 6.05. The molecule has 20 heavy (non-hydrogen) atoms. The van der Waals surface area contributed by atoms with E-state index in [4.69, 9.17) is 9.47 Å². The molecular weight excluding hydrogens is 252 g/mol. The molecule has 1 rings (SSSR count). The summed E-state index contributed by atoms with van der Waals surface area (Å²) in [5, 5.41) is 3.41. The van der Waals surface area contributed by atoms with Crippen LogP contribution in [-0.4, -0.2) is 45.3 Å². The average molecular weight is 278 g/mol. The maximum Gasteiger partial charge on any atom is 0.161 e. The Bertz CT molecular complexity index is 405. The number of hydrogen-bond acceptors (Lipinski definition) is 4. The van der Waals surface area contributed by atoms with E-state index in [2.05, 4.69) is 37.0 Å². The Morgan fingerprint density at radius 3 is 2.70 bits per heavy atom. The fourth-order valence-electron chi connectivity index (χ4n) is 1.73. The van der Waals surface area contributed by atoms with E-state index in [1.165, 1.54) is 5.56 Å². The molecule has 0 heterocycles. The third-order valence-corrected chi connectivity index (χ3v) is 2.73. The van der Waals surface area contributed by atoms with Gasteiger partial charge in [0.1, 0.15) is 6.61 Å². The molecule has 0 saturated heterocycles. The summed E-state index contributed by atoms with van der Waals surface area (Å²) in [6.07, 6.45) is 1.73. The molecular formula is C16H26N2O2. The molecule has 112 valence electrons. The van der Waals surface area contributed by atoms with Gasteiger partial charge in [0.2, 0.25) is 0 Å². The number of benzene rings is 1. The standard InChI is InChI=1S/C16H26N2O2/c1-5-11-20-15-8-7-14(12-16(15)19-6-2)13-17-9-10-18(3)4/h5,7-8,12,17H,1,6,9-11,13H2,2-4H3. The maximum atomic E-state index is 5.62. The van der Waals surface area contributed by atoms with Crippen molar-refractivity contribution in [2.24, 2.45) is 0 Å². The van der Waals surface area contributed by atoms with Gasteiger partial charge in [-0.25, -0.2) is 0 Å². The Morgan fingerprint density at radius 1 is 1.25 bits per heavy atom. The van der Waals surface area contributed by atoms with Gasteiger partial charge in [0.15, 0.2) is 11.5 Å². The Kier molecular flexibility index (Phi) is 7.77. The van der Waals surface area contributed by atoms with Crippen LogP contribution in [0.25, 0.3) is 0 Å². The summed E-state index contributed by atoms with van der Waals surface area (Å²) in [7, 11) is 4.14. The van der Waals surface area contributed by atoms with E-state index >= 15 is 0 Å². The second kappa shape index (κ2) is 9.39. The van der Waals surface area contributed by atoms with Crippen LogP contribution in [0.15, 0.2) is 30.9 Å². The van der Waals surface area contributed by atoms with Crippen LogP contribution in [0.3, 0.4) is 0 Å². The quantitative estimate of drug-likeness (QED) is 0.526. The van der Waals surface area contributed by atoms with Gasteiger partial charge in [-0.1, -0.05) is 18.7 Å². The molecule has 1 aromatic carbocycles. The summed E-state index contributed by atoms with van der Waals surface area (Å²) in [6.45, 7) is 9.56. The zero-order valence-electron chi connectivity index (χ0n) is 12.8. The van der Waals surface area contributed by atoms with Gasteiger partial charge in [-0.2, -0.15) is 0 Å². The normalized spacial score (nSPS) is 10.6. The number of likely N-dealkylation sites (N-methyl/N-ethyl adjacent to an activating group) is 1. The molecule has 0 saturated carbocycles. The van der Waals surface area contributed by atoms with E-state index in [0.717, 1.165) is 31.1 Å². The Balaban J connectivity index is 2.59. The highest BCUT2D eigenvalue weighted by atomic mass is 16.5. The highest BCUT2D eigenvalue weighted by Crippen LogP contribution is 2.28. The van der Waals surface area contributed by atoms with Crippen molar-refractivity contribution in [2.45, 2.75) is 13.5 Å². The molecule has 0 aliphatic carbocycles. The van der Waals surface area contributed by atoms with E-state index in [1.807, 2.05) is 19.1 Å². The van der Waals surface area contributed by atoms with Gasteiger partial charge in [-0.05, 0) is 38.7 Å². The molecule has 0 bridgehead atoms. The first kappa shape index (κ1) is 16.5. The molecule has 4 heteroatoms. The zero-order valence-corrected chi connectivity index (χ0v) is 12.8. The first-order valence-electron chi connectivity index (χ1n) is 7.02. The van der Waals surface area contributed by atoms with Crippen molar-refractivity contribution in [1.82, 2.24) is 10.2 Å². The maximum absolute atomic E-state index is 5.62. The minimum Gasteiger partial charge on any atom is -0.490 e. The number of hydrogen-bond donors (Lipinski definition) is 1. The molecule has 0 amide bonds. The topological polar surface area (TPSA) is 33.7 Å². The second-order valence-electron chi connectivity index (χ2n) is 4.79. The van der Waals surface area contributed by atoms with Crippen LogP contribution >= 0.6 is 0 Å². The highest BCUT2D eigenvalue weighted by molar-refractivity contribution is 5.43. The third-order valence-electron chi connectivity index (χ3n) is 2.73. The van der Waals surface area contributed by atoms with E-state index in [-0.39, 0.29) is 0 Å². The zero-order chi connectivity index (χ0) is 14.8. The second-order valence-corrected chi connectivity index (χ2v) is 4.79. The number of nitrogens with zero attached hydrogens (tertiary/aromatic N) is 1. The monoisotopic (exact) mass is 278 g/mol. The van der Waals surface area contributed by atoms with Crippen molar-refractivity contribution >= 4 is 0 Å². The van der Waals surface area contributed by atoms with Crippen LogP contribution in [0.4, 0.5) is 0 Å². The van der Waals surface area contributed by atoms with Gasteiger partial charge < -0.3 is 19.7 Å². The molecule has 0 aromatic heterocycles. The molecule has 4 nitrogen and oxygen atoms in total. The molecule has 1 N–H and O–H groups in total. The number of ether oxygens (including phenoxy) is 2. The SMILES string of the molecule is C=CCOc1ccc(CNCCN(C)C)cc1OCC. The number of nitrogens with one attached hydrogen (secondary N) is 1. The van der Waals surface area contributed by atoms with Crippen LogP contribution in [0.2, 0.25) is 0 Å². The molecule has 0 radical (unpaired) electrons. The van der Waals surface area contributed by atoms with Crippen LogP contribution in [0.1, 0.15) is 12.5 Å². The van der Waals surface area contributed by atoms with Gasteiger partial charge in [0.05, 0.1) is 6.61 Å². The summed E-state index contributed by atoms with van der Waals surface area (Å²) in [5.41, 5.74) is 1.19. The summed E-state index contributed by atoms with van der Waals surface area (Å²) < 4.78 is 11.2. The molecule has 0 spiro atoms. The Morgan fingerprint density at radius 2 is 2.05 bits per heavy atom. The predicted octanol–water partition coefficient (Wildman–Crippen LogP) is 2.30. The Labute approximate surface area is 122 Å². The van der Waals surface area contributed by atoms with E-state index in [9.17, 15) is 0 Å². The lowest BCUT2D eigenvalue weighted by molar-refractivity contribution is 0.296. The smallest absolute Gasteiger partial charge is 0.161 e. The van der Waals surface area contributed by atoms with E-state index < -0.39 is 0 Å². The first-order valence-corrected chi connectivity index (χ1v) is 7.02. The summed E-state index contributed by atoms with van der Waals surface area (Å²) in [5.74, 6) is 1.56. The van der Waals surface area contributed by atoms with Gasteiger partial charge in [-0.15, -0.1) is 0 Å². The highest BCUT2D eigenvalue weighted by Gasteiger charge is 2.06. The van der Waals surface area contributed by atoms with Crippen LogP contribution in [-0.2, 0) is 6.54 Å². The fraction of sp³-hybridized carbons (Fsp3) is 0.500. The van der Waals surface area contributed by atoms with Gasteiger partial charge >= 0.3 is 0 Å². The molecule has 0 fully saturated rings. The molecule has 0 atom stereocenters. The predicted molar refractivity (Wildman–Crippen MR) is 83.6 cm³/mol. The van der Waals surface area contributed by atoms with E-state index in [0.29, 0.717) is 13.2 Å². The molecule has 1 aromatic rings. The lowest BCUT2D eigenvalue weighted by Gasteiger charge is -2.14. The number of rotatable bonds is 10. The van der Waals surface area contributed by atoms with Crippen molar-refractivity contribution in [2.75, 3.05) is 40.4 Å². The molecule has 0 aliphatic heterocycles. The van der Waals surface area contributed by atoms with E-state index in [1.54, 1.807) is 6.08 Å². The molecule has 0 unspecified atom stereocenters. The summed E-state index contributed by atoms with van der Waals surface area (Å²) >= 11 is 0. The lowest BCUT2D eigenvalue weighted by Crippen LogP contribution is -2.26. The van der Waals surface area contributed by atoms with Crippen molar-refractivity contribution < 1.29 is 9.47 Å². The minimum absolute atomic E-state index is 0.487. The van der Waals surface area contributed by atoms with Crippen molar-refractivity contribution in [3.63, 3.8) is 0 Å². The molecule has 0 aliphatic rings. The first-order chi connectivity index (χ1) is 9.67.